The largest absolute Gasteiger partial charge is 0.0656 e. The number of hydrogen-bond acceptors (Lipinski definition) is 0. The Bertz CT molecular complexity index is 1880. The Morgan fingerprint density at radius 3 is 2.46 bits per heavy atom. The van der Waals surface area contributed by atoms with Crippen LogP contribution in [-0.2, 0) is 12.2 Å². The van der Waals surface area contributed by atoms with Crippen LogP contribution in [0.2, 0.25) is 0 Å². The number of rotatable bonds is 2. The average Bonchev–Trinajstić information content (AvgIpc) is 2.94. The van der Waals surface area contributed by atoms with Crippen molar-refractivity contribution >= 4 is 24.0 Å². The highest BCUT2D eigenvalue weighted by Gasteiger charge is 2.23. The summed E-state index contributed by atoms with van der Waals surface area (Å²) in [4.78, 5) is 0. The molecule has 4 aromatic rings. The lowest BCUT2D eigenvalue weighted by molar-refractivity contribution is 1.29. The predicted molar refractivity (Wildman–Crippen MR) is 115 cm³/mol. The number of hydrogen-bond donors (Lipinski definition) is 0. The maximum absolute atomic E-state index is 9.33. The Hall–Kier alpha value is -2.43. The third-order valence-corrected chi connectivity index (χ3v) is 5.52. The first-order valence-corrected chi connectivity index (χ1v) is 9.01. The smallest absolute Gasteiger partial charge is 0.0632 e. The van der Waals surface area contributed by atoms with Crippen molar-refractivity contribution in [2.24, 2.45) is 0 Å². The molecule has 26 heavy (non-hydrogen) atoms. The van der Waals surface area contributed by atoms with E-state index < -0.39 is 138 Å². The molecule has 126 valence electrons. The second-order valence-electron chi connectivity index (χ2n) is 5.53. The fourth-order valence-corrected chi connectivity index (χ4v) is 4.40. The van der Waals surface area contributed by atoms with Gasteiger partial charge in [-0.05, 0) is 57.5 Å². The molecule has 0 amide bonds. The van der Waals surface area contributed by atoms with Crippen LogP contribution in [0, 0.1) is 6.92 Å². The van der Waals surface area contributed by atoms with Gasteiger partial charge in [-0.15, -0.1) is 0 Å². The Balaban J connectivity index is 2.09. The maximum atomic E-state index is 9.33. The van der Waals surface area contributed by atoms with E-state index in [1.54, 1.807) is 0 Å². The lowest BCUT2D eigenvalue weighted by Gasteiger charge is -2.28. The number of benzene rings is 4. The molecule has 0 bridgehead atoms. The third-order valence-electron chi connectivity index (χ3n) is 3.84. The average molecular weight is 371 g/mol. The Kier molecular flexibility index (Phi) is 1.42. The van der Waals surface area contributed by atoms with Gasteiger partial charge in [-0.1, -0.05) is 98.1 Å². The molecule has 0 nitrogen and oxygen atoms in total. The van der Waals surface area contributed by atoms with E-state index in [4.69, 9.17) is 19.2 Å². The normalized spacial score (nSPS) is 29.7. The molecule has 1 aliphatic rings. The minimum absolute atomic E-state index is 0.105. The van der Waals surface area contributed by atoms with Crippen molar-refractivity contribution in [3.8, 4) is 11.1 Å². The van der Waals surface area contributed by atoms with Crippen LogP contribution in [-0.4, -0.2) is 0 Å². The van der Waals surface area contributed by atoms with Crippen molar-refractivity contribution < 1.29 is 24.7 Å². The summed E-state index contributed by atoms with van der Waals surface area (Å²) in [5.41, 5.74) is -2.70. The molecule has 0 spiro atoms. The van der Waals surface area contributed by atoms with Crippen LogP contribution in [0.25, 0.3) is 21.9 Å². The molecule has 1 atom stereocenters. The second-order valence-corrected chi connectivity index (χ2v) is 7.10. The van der Waals surface area contributed by atoms with E-state index in [-0.39, 0.29) is 10.9 Å². The summed E-state index contributed by atoms with van der Waals surface area (Å²) in [5.74, 6) is 0. The van der Waals surface area contributed by atoms with Gasteiger partial charge in [0.1, 0.15) is 0 Å². The van der Waals surface area contributed by atoms with E-state index >= 15 is 0 Å². The van der Waals surface area contributed by atoms with Crippen molar-refractivity contribution in [2.75, 3.05) is 0 Å². The molecule has 0 aliphatic carbocycles. The first-order chi connectivity index (χ1) is 20.1. The summed E-state index contributed by atoms with van der Waals surface area (Å²) in [6, 6.07) is -11.1. The Morgan fingerprint density at radius 1 is 0.808 bits per heavy atom. The van der Waals surface area contributed by atoms with Gasteiger partial charge in [0, 0.05) is 5.48 Å². The Morgan fingerprint density at radius 2 is 1.58 bits per heavy atom. The molecule has 4 aromatic carbocycles. The summed E-state index contributed by atoms with van der Waals surface area (Å²) >= 11 is 0. The quantitative estimate of drug-likeness (QED) is 0.347. The summed E-state index contributed by atoms with van der Waals surface area (Å²) in [7, 11) is -3.33. The minimum atomic E-state index is -3.33. The van der Waals surface area contributed by atoms with Crippen molar-refractivity contribution in [2.45, 2.75) is 19.2 Å². The molecule has 5 rings (SSSR count). The highest BCUT2D eigenvalue weighted by Crippen LogP contribution is 2.51. The van der Waals surface area contributed by atoms with E-state index in [0.717, 1.165) is 0 Å². The fraction of sp³-hybridized carbons (Fsp3) is 0.120. The predicted octanol–water partition coefficient (Wildman–Crippen LogP) is 6.64. The van der Waals surface area contributed by atoms with Crippen molar-refractivity contribution in [1.29, 1.82) is 0 Å². The van der Waals surface area contributed by atoms with Crippen LogP contribution >= 0.6 is 7.92 Å². The van der Waals surface area contributed by atoms with E-state index in [1.165, 1.54) is 6.92 Å². The lowest BCUT2D eigenvalue weighted by Crippen LogP contribution is -2.12. The van der Waals surface area contributed by atoms with Gasteiger partial charge in [0.2, 0.25) is 0 Å². The molecule has 0 saturated heterocycles. The zero-order chi connectivity index (χ0) is 33.3. The van der Waals surface area contributed by atoms with Gasteiger partial charge in [0.05, 0.1) is 19.2 Å². The zero-order valence-electron chi connectivity index (χ0n) is 31.4. The molecular formula is C25H21P. The van der Waals surface area contributed by atoms with E-state index in [1.807, 2.05) is 0 Å². The molecule has 1 heteroatoms. The highest BCUT2D eigenvalue weighted by molar-refractivity contribution is 7.64. The van der Waals surface area contributed by atoms with E-state index in [0.29, 0.717) is 0 Å². The van der Waals surface area contributed by atoms with Gasteiger partial charge < -0.3 is 0 Å². The molecule has 0 radical (unpaired) electrons. The van der Waals surface area contributed by atoms with Gasteiger partial charge in [-0.25, -0.2) is 0 Å². The van der Waals surface area contributed by atoms with Crippen LogP contribution in [0.5, 0.6) is 0 Å². The zero-order valence-corrected chi connectivity index (χ0v) is 14.3. The first kappa shape index (κ1) is 5.78. The Labute approximate surface area is 181 Å². The lowest BCUT2D eigenvalue weighted by atomic mass is 9.98. The highest BCUT2D eigenvalue weighted by atomic mass is 31.1. The molecule has 1 heterocycles. The van der Waals surface area contributed by atoms with E-state index in [2.05, 4.69) is 0 Å². The standard InChI is InChI=1S/C25H21P/c1-18-14-20-10-7-11-21-16-26(17-22(15-18)25(20)21)24-13-6-5-12-23(24)19-8-3-2-4-9-19/h2-15H,16-17H2,1H3/i2D,3D,4D,5D,6D,7D,8D,9D,10D,11D,12D,13D,14D,15D,16D2,17D2. The molecular weight excluding hydrogens is 331 g/mol. The van der Waals surface area contributed by atoms with E-state index in [9.17, 15) is 5.48 Å². The fourth-order valence-electron chi connectivity index (χ4n) is 2.78. The van der Waals surface area contributed by atoms with Crippen LogP contribution in [0.1, 0.15) is 41.4 Å². The molecule has 0 fully saturated rings. The van der Waals surface area contributed by atoms with Gasteiger partial charge in [0.15, 0.2) is 0 Å². The van der Waals surface area contributed by atoms with Crippen molar-refractivity contribution in [1.82, 2.24) is 0 Å². The van der Waals surface area contributed by atoms with Crippen LogP contribution in [0.3, 0.4) is 0 Å². The molecule has 0 aromatic heterocycles. The summed E-state index contributed by atoms with van der Waals surface area (Å²) in [5, 5.41) is -1.48. The van der Waals surface area contributed by atoms with Gasteiger partial charge in [0.25, 0.3) is 0 Å². The first-order valence-electron chi connectivity index (χ1n) is 16.7. The van der Waals surface area contributed by atoms with Crippen molar-refractivity contribution in [3.63, 3.8) is 0 Å². The van der Waals surface area contributed by atoms with Crippen LogP contribution in [0.15, 0.2) is 84.6 Å². The van der Waals surface area contributed by atoms with Gasteiger partial charge >= 0.3 is 0 Å². The summed E-state index contributed by atoms with van der Waals surface area (Å²) in [6.45, 7) is 1.31. The summed E-state index contributed by atoms with van der Waals surface area (Å²) < 4.78 is 156. The minimum Gasteiger partial charge on any atom is -0.0656 e. The molecule has 1 unspecified atom stereocenters. The topological polar surface area (TPSA) is 0 Å². The van der Waals surface area contributed by atoms with Crippen molar-refractivity contribution in [3.05, 3.63) is 101 Å². The molecule has 0 N–H and O–H groups in total. The second kappa shape index (κ2) is 6.38. The maximum Gasteiger partial charge on any atom is 0.0632 e. The monoisotopic (exact) mass is 370 g/mol. The summed E-state index contributed by atoms with van der Waals surface area (Å²) in [6.07, 6.45) is -6.05. The molecule has 1 aliphatic heterocycles. The van der Waals surface area contributed by atoms with Gasteiger partial charge in [-0.3, -0.25) is 0 Å². The molecule has 0 saturated carbocycles. The van der Waals surface area contributed by atoms with Crippen LogP contribution < -0.4 is 5.30 Å². The SMILES string of the molecule is [2H]c1c([2H])c([2H])c(-c2c([2H])c([2H])c([2H])c([2H])c2P2C([2H])([2H])c3c([2H])c([2H])c([2H])c4c([2H])c(C)c([2H])c(c34)C2([2H])[2H])c([2H])c1[2H]. The van der Waals surface area contributed by atoms with Crippen LogP contribution in [0.4, 0.5) is 0 Å². The van der Waals surface area contributed by atoms with Gasteiger partial charge in [-0.2, -0.15) is 0 Å². The third kappa shape index (κ3) is 2.66.